The van der Waals surface area contributed by atoms with Crippen LogP contribution in [0.5, 0.6) is 0 Å². The summed E-state index contributed by atoms with van der Waals surface area (Å²) >= 11 is 0. The zero-order valence-corrected chi connectivity index (χ0v) is 17.7. The van der Waals surface area contributed by atoms with Gasteiger partial charge in [-0.2, -0.15) is 0 Å². The highest BCUT2D eigenvalue weighted by atomic mass is 16.6. The van der Waals surface area contributed by atoms with Gasteiger partial charge in [-0.25, -0.2) is 4.98 Å². The number of pyridine rings is 2. The lowest BCUT2D eigenvalue weighted by Gasteiger charge is -2.09. The molecule has 172 valence electrons. The van der Waals surface area contributed by atoms with Crippen molar-refractivity contribution >= 4 is 56.3 Å². The van der Waals surface area contributed by atoms with Crippen molar-refractivity contribution in [2.45, 2.75) is 0 Å². The second-order valence-corrected chi connectivity index (χ2v) is 7.42. The van der Waals surface area contributed by atoms with Gasteiger partial charge in [0.25, 0.3) is 5.69 Å². The van der Waals surface area contributed by atoms with E-state index in [1.54, 1.807) is 36.4 Å². The van der Waals surface area contributed by atoms with Crippen LogP contribution in [-0.2, 0) is 0 Å². The molecule has 3 aromatic heterocycles. The van der Waals surface area contributed by atoms with Crippen molar-refractivity contribution in [2.24, 2.45) is 0 Å². The largest absolute Gasteiger partial charge is 0.456 e. The molecule has 0 saturated heterocycles. The molecule has 0 bridgehead atoms. The van der Waals surface area contributed by atoms with Crippen molar-refractivity contribution in [1.29, 1.82) is 0 Å². The SMILES string of the molecule is O=c1c2ccc(Nc3ccc([N+](=O)[O-])nc3)cc2oc2ccc(Nc3ccc([N+](=O)[O-])cn3)cc12. The van der Waals surface area contributed by atoms with Gasteiger partial charge >= 0.3 is 5.82 Å². The number of fused-ring (bicyclic) bond motifs is 2. The Hall–Kier alpha value is -5.39. The summed E-state index contributed by atoms with van der Waals surface area (Å²) in [6, 6.07) is 15.6. The number of benzene rings is 2. The predicted molar refractivity (Wildman–Crippen MR) is 128 cm³/mol. The first-order valence-electron chi connectivity index (χ1n) is 10.1. The Kier molecular flexibility index (Phi) is 5.22. The predicted octanol–water partition coefficient (Wildman–Crippen LogP) is 5.04. The maximum Gasteiger partial charge on any atom is 0.363 e. The molecule has 2 aromatic carbocycles. The normalized spacial score (nSPS) is 10.9. The van der Waals surface area contributed by atoms with Gasteiger partial charge in [0.05, 0.1) is 21.4 Å². The molecule has 0 radical (unpaired) electrons. The highest BCUT2D eigenvalue weighted by molar-refractivity contribution is 5.93. The number of nitrogens with zero attached hydrogens (tertiary/aromatic N) is 4. The molecule has 0 aliphatic carbocycles. The summed E-state index contributed by atoms with van der Waals surface area (Å²) < 4.78 is 5.94. The zero-order valence-electron chi connectivity index (χ0n) is 17.7. The van der Waals surface area contributed by atoms with E-state index in [-0.39, 0.29) is 16.9 Å². The molecule has 0 fully saturated rings. The van der Waals surface area contributed by atoms with E-state index in [0.29, 0.717) is 44.8 Å². The van der Waals surface area contributed by atoms with Crippen LogP contribution >= 0.6 is 0 Å². The third-order valence-electron chi connectivity index (χ3n) is 5.13. The Morgan fingerprint density at radius 1 is 0.714 bits per heavy atom. The zero-order chi connectivity index (χ0) is 24.5. The van der Waals surface area contributed by atoms with E-state index >= 15 is 0 Å². The molecule has 0 amide bonds. The Bertz CT molecular complexity index is 1670. The summed E-state index contributed by atoms with van der Waals surface area (Å²) in [5, 5.41) is 28.3. The number of nitro groups is 2. The number of rotatable bonds is 6. The van der Waals surface area contributed by atoms with Gasteiger partial charge < -0.3 is 25.2 Å². The lowest BCUT2D eigenvalue weighted by molar-refractivity contribution is -0.389. The highest BCUT2D eigenvalue weighted by Crippen LogP contribution is 2.26. The molecule has 35 heavy (non-hydrogen) atoms. The van der Waals surface area contributed by atoms with Gasteiger partial charge in [-0.3, -0.25) is 14.9 Å². The van der Waals surface area contributed by atoms with Crippen molar-refractivity contribution in [2.75, 3.05) is 10.6 Å². The summed E-state index contributed by atoms with van der Waals surface area (Å²) in [4.78, 5) is 41.3. The maximum absolute atomic E-state index is 13.1. The minimum atomic E-state index is -0.580. The topological polar surface area (TPSA) is 166 Å². The van der Waals surface area contributed by atoms with Gasteiger partial charge in [0, 0.05) is 29.6 Å². The Balaban J connectivity index is 1.44. The average Bonchev–Trinajstić information content (AvgIpc) is 2.85. The standard InChI is InChI=1S/C23H14N6O6/c30-23-17-5-1-14(26-15-3-8-22(25-11-15)29(33)34)10-20(17)35-19-6-2-13(9-18(19)23)27-21-7-4-16(12-24-21)28(31)32/h1-12,26H,(H,24,27). The van der Waals surface area contributed by atoms with Gasteiger partial charge in [0.2, 0.25) is 5.43 Å². The van der Waals surface area contributed by atoms with E-state index in [2.05, 4.69) is 20.6 Å². The summed E-state index contributed by atoms with van der Waals surface area (Å²) in [6.07, 6.45) is 2.48. The molecule has 12 nitrogen and oxygen atoms in total. The van der Waals surface area contributed by atoms with Crippen LogP contribution in [0.2, 0.25) is 0 Å². The molecule has 5 rings (SSSR count). The van der Waals surface area contributed by atoms with E-state index < -0.39 is 9.85 Å². The lowest BCUT2D eigenvalue weighted by Crippen LogP contribution is -2.03. The fourth-order valence-corrected chi connectivity index (χ4v) is 3.46. The second-order valence-electron chi connectivity index (χ2n) is 7.42. The van der Waals surface area contributed by atoms with Gasteiger partial charge in [0.1, 0.15) is 23.2 Å². The minimum Gasteiger partial charge on any atom is -0.456 e. The van der Waals surface area contributed by atoms with Crippen molar-refractivity contribution in [3.63, 3.8) is 0 Å². The summed E-state index contributed by atoms with van der Waals surface area (Å²) in [5.74, 6) is 0.126. The smallest absolute Gasteiger partial charge is 0.363 e. The van der Waals surface area contributed by atoms with Crippen LogP contribution in [-0.4, -0.2) is 19.8 Å². The van der Waals surface area contributed by atoms with Crippen LogP contribution in [0.25, 0.3) is 21.9 Å². The molecule has 0 aliphatic heterocycles. The molecule has 12 heteroatoms. The minimum absolute atomic E-state index is 0.125. The second kappa shape index (κ2) is 8.51. The first-order chi connectivity index (χ1) is 16.9. The van der Waals surface area contributed by atoms with Crippen LogP contribution in [0.15, 0.2) is 82.3 Å². The van der Waals surface area contributed by atoms with Gasteiger partial charge in [-0.1, -0.05) is 0 Å². The van der Waals surface area contributed by atoms with Crippen molar-refractivity contribution in [3.8, 4) is 0 Å². The Morgan fingerprint density at radius 3 is 2.17 bits per heavy atom. The molecule has 3 heterocycles. The van der Waals surface area contributed by atoms with E-state index in [4.69, 9.17) is 4.42 Å². The maximum atomic E-state index is 13.1. The monoisotopic (exact) mass is 470 g/mol. The van der Waals surface area contributed by atoms with E-state index in [1.807, 2.05) is 0 Å². The van der Waals surface area contributed by atoms with Crippen molar-refractivity contribution in [1.82, 2.24) is 9.97 Å². The number of anilines is 4. The summed E-state index contributed by atoms with van der Waals surface area (Å²) in [6.45, 7) is 0. The molecule has 0 saturated carbocycles. The lowest BCUT2D eigenvalue weighted by atomic mass is 10.1. The van der Waals surface area contributed by atoms with Crippen molar-refractivity contribution < 1.29 is 14.3 Å². The first kappa shape index (κ1) is 21.5. The number of nitrogens with one attached hydrogen (secondary N) is 2. The van der Waals surface area contributed by atoms with Crippen LogP contribution in [0, 0.1) is 20.2 Å². The molecular weight excluding hydrogens is 456 g/mol. The molecule has 2 N–H and O–H groups in total. The van der Waals surface area contributed by atoms with Gasteiger partial charge in [-0.05, 0) is 52.4 Å². The van der Waals surface area contributed by atoms with Crippen molar-refractivity contribution in [3.05, 3.63) is 104 Å². The Morgan fingerprint density at radius 2 is 1.49 bits per heavy atom. The summed E-state index contributed by atoms with van der Waals surface area (Å²) in [7, 11) is 0. The molecule has 0 spiro atoms. The van der Waals surface area contributed by atoms with Crippen LogP contribution in [0.4, 0.5) is 34.4 Å². The Labute approximate surface area is 195 Å². The first-order valence-corrected chi connectivity index (χ1v) is 10.1. The molecule has 0 unspecified atom stereocenters. The molecule has 0 atom stereocenters. The van der Waals surface area contributed by atoms with Crippen LogP contribution < -0.4 is 16.1 Å². The number of aromatic nitrogens is 2. The fraction of sp³-hybridized carbons (Fsp3) is 0. The van der Waals surface area contributed by atoms with Gasteiger partial charge in [-0.15, -0.1) is 0 Å². The van der Waals surface area contributed by atoms with E-state index in [0.717, 1.165) is 6.20 Å². The third kappa shape index (κ3) is 4.30. The number of hydrogen-bond acceptors (Lipinski definition) is 10. The average molecular weight is 470 g/mol. The van der Waals surface area contributed by atoms with Crippen LogP contribution in [0.3, 0.4) is 0 Å². The third-order valence-corrected chi connectivity index (χ3v) is 5.13. The highest BCUT2D eigenvalue weighted by Gasteiger charge is 2.12. The van der Waals surface area contributed by atoms with E-state index in [1.165, 1.54) is 30.5 Å². The summed E-state index contributed by atoms with van der Waals surface area (Å²) in [5.41, 5.74) is 2.09. The number of hydrogen-bond donors (Lipinski definition) is 2. The molecule has 5 aromatic rings. The quantitative estimate of drug-likeness (QED) is 0.195. The van der Waals surface area contributed by atoms with Crippen LogP contribution in [0.1, 0.15) is 0 Å². The molecular formula is C23H14N6O6. The fourth-order valence-electron chi connectivity index (χ4n) is 3.46. The molecule has 0 aliphatic rings. The van der Waals surface area contributed by atoms with E-state index in [9.17, 15) is 25.0 Å². The van der Waals surface area contributed by atoms with Gasteiger partial charge in [0.15, 0.2) is 6.20 Å².